The normalized spacial score (nSPS) is 11.1. The number of hydrogen-bond donors (Lipinski definition) is 0. The van der Waals surface area contributed by atoms with E-state index in [1.165, 1.54) is 0 Å². The Bertz CT molecular complexity index is 351. The summed E-state index contributed by atoms with van der Waals surface area (Å²) in [7, 11) is 0. The summed E-state index contributed by atoms with van der Waals surface area (Å²) in [5.41, 5.74) is 0.572. The topological polar surface area (TPSA) is 58.3 Å². The Labute approximate surface area is 82.9 Å². The number of hydrogen-bond acceptors (Lipinski definition) is 4. The van der Waals surface area contributed by atoms with Gasteiger partial charge in [-0.15, -0.1) is 4.99 Å². The molecule has 0 radical (unpaired) electrons. The summed E-state index contributed by atoms with van der Waals surface area (Å²) in [6.45, 7) is 3.74. The van der Waals surface area contributed by atoms with Gasteiger partial charge >= 0.3 is 0 Å². The Morgan fingerprint density at radius 3 is 2.86 bits per heavy atom. The molecule has 0 saturated heterocycles. The maximum absolute atomic E-state index is 8.47. The monoisotopic (exact) mass is 189 g/mol. The average Bonchev–Trinajstić information content (AvgIpc) is 2.18. The molecule has 0 aliphatic heterocycles. The van der Waals surface area contributed by atoms with Crippen molar-refractivity contribution in [1.82, 2.24) is 4.98 Å². The van der Waals surface area contributed by atoms with Gasteiger partial charge in [-0.05, 0) is 26.0 Å². The Morgan fingerprint density at radius 1 is 1.57 bits per heavy atom. The number of aliphatic imine (C=N–C) groups is 1. The van der Waals surface area contributed by atoms with Crippen molar-refractivity contribution in [2.24, 2.45) is 4.99 Å². The lowest BCUT2D eigenvalue weighted by Gasteiger charge is -2.09. The zero-order chi connectivity index (χ0) is 10.4. The molecule has 0 fully saturated rings. The Balaban J connectivity index is 2.91. The molecule has 0 N–H and O–H groups in total. The summed E-state index contributed by atoms with van der Waals surface area (Å²) in [4.78, 5) is 7.62. The smallest absolute Gasteiger partial charge is 0.250 e. The molecule has 0 amide bonds. The first kappa shape index (κ1) is 10.2. The van der Waals surface area contributed by atoms with Crippen LogP contribution >= 0.6 is 0 Å². The van der Waals surface area contributed by atoms with E-state index in [-0.39, 0.29) is 12.0 Å². The predicted molar refractivity (Wildman–Crippen MR) is 52.6 cm³/mol. The van der Waals surface area contributed by atoms with Crippen LogP contribution in [0.3, 0.4) is 0 Å². The first-order chi connectivity index (χ1) is 6.74. The van der Waals surface area contributed by atoms with Crippen molar-refractivity contribution in [2.75, 3.05) is 0 Å². The largest absolute Gasteiger partial charge is 0.473 e. The zero-order valence-corrected chi connectivity index (χ0v) is 8.14. The van der Waals surface area contributed by atoms with Gasteiger partial charge in [-0.25, -0.2) is 0 Å². The van der Waals surface area contributed by atoms with Gasteiger partial charge in [0, 0.05) is 6.20 Å². The van der Waals surface area contributed by atoms with Crippen molar-refractivity contribution in [1.29, 1.82) is 5.26 Å². The Hall–Kier alpha value is -1.89. The van der Waals surface area contributed by atoms with Gasteiger partial charge in [0.05, 0.1) is 6.10 Å². The molecule has 72 valence electrons. The van der Waals surface area contributed by atoms with E-state index in [2.05, 4.69) is 9.98 Å². The third-order valence-electron chi connectivity index (χ3n) is 1.38. The van der Waals surface area contributed by atoms with Crippen LogP contribution in [0.1, 0.15) is 19.5 Å². The van der Waals surface area contributed by atoms with Gasteiger partial charge in [-0.1, -0.05) is 6.07 Å². The van der Waals surface area contributed by atoms with E-state index in [9.17, 15) is 0 Å². The molecule has 0 atom stereocenters. The third-order valence-corrected chi connectivity index (χ3v) is 1.38. The standard InChI is InChI=1S/C10H11N3O/c1-8(2)14-10(13-7-11)9-5-3-4-6-12-9/h3-6,8H,1-2H3/b13-10-. The van der Waals surface area contributed by atoms with E-state index in [0.29, 0.717) is 5.69 Å². The number of nitrogens with zero attached hydrogens (tertiary/aromatic N) is 3. The molecular weight excluding hydrogens is 178 g/mol. The molecule has 1 heterocycles. The summed E-state index contributed by atoms with van der Waals surface area (Å²) >= 11 is 0. The molecule has 0 bridgehead atoms. The minimum absolute atomic E-state index is 0.0240. The minimum atomic E-state index is -0.0240. The fourth-order valence-corrected chi connectivity index (χ4v) is 0.902. The SMILES string of the molecule is CC(C)O/C(=N\C#N)c1ccccn1. The zero-order valence-electron chi connectivity index (χ0n) is 8.14. The van der Waals surface area contributed by atoms with Gasteiger partial charge in [0.15, 0.2) is 0 Å². The molecule has 1 aromatic heterocycles. The highest BCUT2D eigenvalue weighted by Gasteiger charge is 2.07. The second-order valence-electron chi connectivity index (χ2n) is 2.90. The van der Waals surface area contributed by atoms with Crippen LogP contribution in [0.2, 0.25) is 0 Å². The Kier molecular flexibility index (Phi) is 3.62. The van der Waals surface area contributed by atoms with Crippen LogP contribution in [0, 0.1) is 11.5 Å². The van der Waals surface area contributed by atoms with Gasteiger partial charge in [0.25, 0.3) is 5.90 Å². The van der Waals surface area contributed by atoms with Crippen LogP contribution in [-0.2, 0) is 4.74 Å². The van der Waals surface area contributed by atoms with Crippen LogP contribution in [0.5, 0.6) is 0 Å². The highest BCUT2D eigenvalue weighted by molar-refractivity contribution is 5.92. The summed E-state index contributed by atoms with van der Waals surface area (Å²) in [5, 5.41) is 8.47. The molecule has 1 rings (SSSR count). The fraction of sp³-hybridized carbons (Fsp3) is 0.300. The molecule has 14 heavy (non-hydrogen) atoms. The highest BCUT2D eigenvalue weighted by Crippen LogP contribution is 2.01. The summed E-state index contributed by atoms with van der Waals surface area (Å²) in [5.74, 6) is 0.267. The molecule has 0 saturated carbocycles. The number of ether oxygens (including phenoxy) is 1. The second-order valence-corrected chi connectivity index (χ2v) is 2.90. The van der Waals surface area contributed by atoms with Crippen molar-refractivity contribution < 1.29 is 4.74 Å². The van der Waals surface area contributed by atoms with Crippen LogP contribution in [-0.4, -0.2) is 17.0 Å². The fourth-order valence-electron chi connectivity index (χ4n) is 0.902. The second kappa shape index (κ2) is 4.97. The predicted octanol–water partition coefficient (Wildman–Crippen LogP) is 1.73. The quantitative estimate of drug-likeness (QED) is 0.404. The molecule has 0 aromatic carbocycles. The maximum atomic E-state index is 8.47. The highest BCUT2D eigenvalue weighted by atomic mass is 16.5. The van der Waals surface area contributed by atoms with Crippen molar-refractivity contribution in [3.05, 3.63) is 30.1 Å². The first-order valence-electron chi connectivity index (χ1n) is 4.29. The summed E-state index contributed by atoms with van der Waals surface area (Å²) < 4.78 is 5.34. The summed E-state index contributed by atoms with van der Waals surface area (Å²) in [6.07, 6.45) is 3.30. The third kappa shape index (κ3) is 2.87. The van der Waals surface area contributed by atoms with E-state index in [4.69, 9.17) is 10.00 Å². The molecule has 0 spiro atoms. The molecular formula is C10H11N3O. The molecule has 0 unspecified atom stereocenters. The average molecular weight is 189 g/mol. The van der Waals surface area contributed by atoms with Crippen LogP contribution < -0.4 is 0 Å². The van der Waals surface area contributed by atoms with E-state index < -0.39 is 0 Å². The molecule has 1 aromatic rings. The van der Waals surface area contributed by atoms with Gasteiger partial charge in [0.2, 0.25) is 6.19 Å². The van der Waals surface area contributed by atoms with E-state index in [1.54, 1.807) is 24.5 Å². The lowest BCUT2D eigenvalue weighted by Crippen LogP contribution is -2.13. The minimum Gasteiger partial charge on any atom is -0.473 e. The number of pyridine rings is 1. The van der Waals surface area contributed by atoms with E-state index >= 15 is 0 Å². The Morgan fingerprint density at radius 2 is 2.36 bits per heavy atom. The van der Waals surface area contributed by atoms with Crippen LogP contribution in [0.4, 0.5) is 0 Å². The van der Waals surface area contributed by atoms with Crippen molar-refractivity contribution >= 4 is 5.90 Å². The first-order valence-corrected chi connectivity index (χ1v) is 4.29. The van der Waals surface area contributed by atoms with Gasteiger partial charge < -0.3 is 4.74 Å². The van der Waals surface area contributed by atoms with Crippen molar-refractivity contribution in [3.63, 3.8) is 0 Å². The van der Waals surface area contributed by atoms with E-state index in [0.717, 1.165) is 0 Å². The maximum Gasteiger partial charge on any atom is 0.250 e. The van der Waals surface area contributed by atoms with Gasteiger partial charge in [-0.2, -0.15) is 5.26 Å². The van der Waals surface area contributed by atoms with Gasteiger partial charge in [0.1, 0.15) is 5.69 Å². The molecule has 0 aliphatic rings. The molecule has 4 heteroatoms. The van der Waals surface area contributed by atoms with Crippen molar-refractivity contribution in [3.8, 4) is 6.19 Å². The molecule has 0 aliphatic carbocycles. The summed E-state index contributed by atoms with van der Waals surface area (Å²) in [6, 6.07) is 5.36. The molecule has 4 nitrogen and oxygen atoms in total. The van der Waals surface area contributed by atoms with Gasteiger partial charge in [-0.3, -0.25) is 4.98 Å². The lowest BCUT2D eigenvalue weighted by atomic mass is 10.3. The van der Waals surface area contributed by atoms with Crippen LogP contribution in [0.25, 0.3) is 0 Å². The van der Waals surface area contributed by atoms with Crippen LogP contribution in [0.15, 0.2) is 29.4 Å². The van der Waals surface area contributed by atoms with Crippen molar-refractivity contribution in [2.45, 2.75) is 20.0 Å². The number of rotatable bonds is 2. The lowest BCUT2D eigenvalue weighted by molar-refractivity contribution is 0.229. The van der Waals surface area contributed by atoms with E-state index in [1.807, 2.05) is 19.9 Å². The number of nitriles is 1. The number of aromatic nitrogens is 1.